The summed E-state index contributed by atoms with van der Waals surface area (Å²) in [6, 6.07) is 16.0. The number of aromatic amines is 2. The minimum Gasteiger partial charge on any atom is -0.494 e. The van der Waals surface area contributed by atoms with Gasteiger partial charge in [-0.1, -0.05) is 30.3 Å². The quantitative estimate of drug-likeness (QED) is 0.353. The molecule has 0 saturated heterocycles. The van der Waals surface area contributed by atoms with Crippen LogP contribution in [0.25, 0.3) is 10.9 Å². The first-order valence-electron chi connectivity index (χ1n) is 11.2. The summed E-state index contributed by atoms with van der Waals surface area (Å²) < 4.78 is 0. The third-order valence-corrected chi connectivity index (χ3v) is 5.83. The number of benzene rings is 2. The molecule has 0 saturated carbocycles. The molecule has 7 nitrogen and oxygen atoms in total. The molecule has 7 heteroatoms. The molecule has 5 rings (SSSR count). The molecule has 170 valence electrons. The maximum Gasteiger partial charge on any atom is 0.198 e. The topological polar surface area (TPSA) is 106 Å². The summed E-state index contributed by atoms with van der Waals surface area (Å²) in [6.07, 6.45) is 4.55. The van der Waals surface area contributed by atoms with Crippen LogP contribution in [0.1, 0.15) is 34.9 Å². The fourth-order valence-electron chi connectivity index (χ4n) is 4.15. The van der Waals surface area contributed by atoms with Crippen LogP contribution < -0.4 is 0 Å². The summed E-state index contributed by atoms with van der Waals surface area (Å²) in [5.74, 6) is 0.681. The van der Waals surface area contributed by atoms with Gasteiger partial charge in [-0.05, 0) is 60.7 Å². The first-order valence-corrected chi connectivity index (χ1v) is 11.2. The lowest BCUT2D eigenvalue weighted by molar-refractivity contribution is -0.112. The molecule has 0 bridgehead atoms. The minimum atomic E-state index is 0.0502. The first-order chi connectivity index (χ1) is 16.4. The molecule has 3 N–H and O–H groups in total. The van der Waals surface area contributed by atoms with Crippen LogP contribution in [0, 0.1) is 6.92 Å². The smallest absolute Gasteiger partial charge is 0.198 e. The van der Waals surface area contributed by atoms with Gasteiger partial charge in [0.2, 0.25) is 0 Å². The van der Waals surface area contributed by atoms with Gasteiger partial charge >= 0.3 is 0 Å². The predicted molar refractivity (Wildman–Crippen MR) is 135 cm³/mol. The summed E-state index contributed by atoms with van der Waals surface area (Å²) in [6.45, 7) is 4.51. The second-order valence-corrected chi connectivity index (χ2v) is 8.72. The van der Waals surface area contributed by atoms with Gasteiger partial charge in [0.15, 0.2) is 17.5 Å². The summed E-state index contributed by atoms with van der Waals surface area (Å²) in [5.41, 5.74) is 7.26. The van der Waals surface area contributed by atoms with Crippen molar-refractivity contribution in [2.24, 2.45) is 9.98 Å². The van der Waals surface area contributed by atoms with Crippen molar-refractivity contribution in [1.82, 2.24) is 15.2 Å². The fraction of sp³-hybridized carbons (Fsp3) is 0.185. The van der Waals surface area contributed by atoms with Crippen molar-refractivity contribution in [3.8, 4) is 5.88 Å². The highest BCUT2D eigenvalue weighted by Gasteiger charge is 2.15. The summed E-state index contributed by atoms with van der Waals surface area (Å²) in [4.78, 5) is 24.3. The number of hydrogen-bond donors (Lipinski definition) is 3. The van der Waals surface area contributed by atoms with Crippen LogP contribution in [0.4, 0.5) is 5.82 Å². The van der Waals surface area contributed by atoms with E-state index in [0.717, 1.165) is 38.9 Å². The van der Waals surface area contributed by atoms with Gasteiger partial charge in [0.25, 0.3) is 0 Å². The van der Waals surface area contributed by atoms with Crippen molar-refractivity contribution < 1.29 is 9.90 Å². The number of carbonyl (C=O) groups excluding carboxylic acids is 1. The van der Waals surface area contributed by atoms with E-state index in [1.165, 1.54) is 0 Å². The summed E-state index contributed by atoms with van der Waals surface area (Å²) in [5, 5.41) is 18.3. The van der Waals surface area contributed by atoms with Crippen molar-refractivity contribution in [2.75, 3.05) is 6.54 Å². The Labute approximate surface area is 197 Å². The van der Waals surface area contributed by atoms with Crippen molar-refractivity contribution in [3.63, 3.8) is 0 Å². The van der Waals surface area contributed by atoms with E-state index in [-0.39, 0.29) is 11.7 Å². The largest absolute Gasteiger partial charge is 0.494 e. The average Bonchev–Trinajstić information content (AvgIpc) is 3.51. The van der Waals surface area contributed by atoms with Crippen molar-refractivity contribution in [2.45, 2.75) is 26.7 Å². The Kier molecular flexibility index (Phi) is 5.67. The lowest BCUT2D eigenvalue weighted by Gasteiger charge is -2.06. The number of aromatic hydroxyl groups is 1. The average molecular weight is 452 g/mol. The number of aryl methyl sites for hydroxylation is 1. The minimum absolute atomic E-state index is 0.0502. The fourth-order valence-corrected chi connectivity index (χ4v) is 4.15. The number of carbonyl (C=O) groups is 1. The highest BCUT2D eigenvalue weighted by molar-refractivity contribution is 6.45. The summed E-state index contributed by atoms with van der Waals surface area (Å²) >= 11 is 0. The highest BCUT2D eigenvalue weighted by atomic mass is 16.3. The second-order valence-electron chi connectivity index (χ2n) is 8.72. The summed E-state index contributed by atoms with van der Waals surface area (Å²) in [7, 11) is 0. The maximum absolute atomic E-state index is 12.6. The van der Waals surface area contributed by atoms with E-state index in [9.17, 15) is 9.90 Å². The van der Waals surface area contributed by atoms with E-state index in [4.69, 9.17) is 0 Å². The Morgan fingerprint density at radius 3 is 2.71 bits per heavy atom. The zero-order valence-electron chi connectivity index (χ0n) is 19.1. The Hall–Kier alpha value is -4.26. The number of H-pyrrole nitrogens is 2. The molecular formula is C27H25N5O2. The van der Waals surface area contributed by atoms with E-state index < -0.39 is 0 Å². The maximum atomic E-state index is 12.6. The standard InChI is InChI=1S/C27H25N5O2/c1-16-8-24(28-14-16)25(33)13-19-5-3-4-18(10-19)11-20-6-7-23-21(12-20)22(27(34)30-23)15-29-26-9-17(2)31-32-26/h3-10,12,15,30,34H,11,13-14H2,1-2H3,(H,31,32). The molecule has 2 aromatic carbocycles. The second kappa shape index (κ2) is 8.94. The first kappa shape index (κ1) is 21.6. The molecule has 0 unspecified atom stereocenters. The molecule has 0 amide bonds. The van der Waals surface area contributed by atoms with Crippen LogP contribution in [-0.2, 0) is 17.6 Å². The van der Waals surface area contributed by atoms with Crippen LogP contribution >= 0.6 is 0 Å². The lowest BCUT2D eigenvalue weighted by atomic mass is 9.98. The molecular weight excluding hydrogens is 426 g/mol. The molecule has 0 aliphatic carbocycles. The molecule has 1 aliphatic rings. The molecule has 4 aromatic rings. The van der Waals surface area contributed by atoms with E-state index in [1.807, 2.05) is 50.3 Å². The number of hydrogen-bond acceptors (Lipinski definition) is 5. The number of allylic oxidation sites excluding steroid dienone is 1. The van der Waals surface area contributed by atoms with Gasteiger partial charge in [-0.3, -0.25) is 14.9 Å². The van der Waals surface area contributed by atoms with Crippen molar-refractivity contribution in [3.05, 3.63) is 88.1 Å². The van der Waals surface area contributed by atoms with Gasteiger partial charge in [0, 0.05) is 35.3 Å². The van der Waals surface area contributed by atoms with Crippen LogP contribution in [0.3, 0.4) is 0 Å². The third kappa shape index (κ3) is 4.59. The predicted octanol–water partition coefficient (Wildman–Crippen LogP) is 4.76. The van der Waals surface area contributed by atoms with Gasteiger partial charge in [-0.15, -0.1) is 0 Å². The van der Waals surface area contributed by atoms with Crippen LogP contribution in [-0.4, -0.2) is 44.5 Å². The number of aromatic nitrogens is 3. The molecule has 0 atom stereocenters. The number of Topliss-reactive ketones (excluding diaryl/α,β-unsaturated/α-hetero) is 1. The molecule has 3 heterocycles. The number of fused-ring (bicyclic) bond motifs is 1. The van der Waals surface area contributed by atoms with E-state index in [1.54, 1.807) is 6.21 Å². The number of aliphatic imine (C=N–C) groups is 2. The Morgan fingerprint density at radius 2 is 1.94 bits per heavy atom. The van der Waals surface area contributed by atoms with Crippen LogP contribution in [0.5, 0.6) is 5.88 Å². The monoisotopic (exact) mass is 451 g/mol. The molecule has 1 aliphatic heterocycles. The van der Waals surface area contributed by atoms with Gasteiger partial charge in [0.05, 0.1) is 12.1 Å². The SMILES string of the molecule is CC1=CC(C(=O)Cc2cccc(Cc3ccc4[nH]c(O)c(C=Nc5cc(C)[nH]n5)c4c3)c2)=NC1. The zero-order valence-corrected chi connectivity index (χ0v) is 19.1. The Morgan fingerprint density at radius 1 is 1.12 bits per heavy atom. The van der Waals surface area contributed by atoms with Gasteiger partial charge in [-0.2, -0.15) is 5.10 Å². The normalized spacial score (nSPS) is 13.6. The number of nitrogens with zero attached hydrogens (tertiary/aromatic N) is 3. The number of nitrogens with one attached hydrogen (secondary N) is 2. The molecule has 0 spiro atoms. The van der Waals surface area contributed by atoms with Crippen molar-refractivity contribution in [1.29, 1.82) is 0 Å². The van der Waals surface area contributed by atoms with Crippen molar-refractivity contribution >= 4 is 34.4 Å². The number of ketones is 1. The molecule has 34 heavy (non-hydrogen) atoms. The molecule has 2 aromatic heterocycles. The molecule has 0 fully saturated rings. The third-order valence-electron chi connectivity index (χ3n) is 5.83. The zero-order chi connectivity index (χ0) is 23.7. The van der Waals surface area contributed by atoms with Gasteiger partial charge in [0.1, 0.15) is 5.71 Å². The van der Waals surface area contributed by atoms with Gasteiger partial charge < -0.3 is 10.1 Å². The Balaban J connectivity index is 1.36. The van der Waals surface area contributed by atoms with Gasteiger partial charge in [-0.25, -0.2) is 4.99 Å². The van der Waals surface area contributed by atoms with E-state index >= 15 is 0 Å². The number of rotatable bonds is 7. The lowest BCUT2D eigenvalue weighted by Crippen LogP contribution is -2.13. The molecule has 0 radical (unpaired) electrons. The highest BCUT2D eigenvalue weighted by Crippen LogP contribution is 2.28. The van der Waals surface area contributed by atoms with E-state index in [2.05, 4.69) is 43.4 Å². The Bertz CT molecular complexity index is 1490. The van der Waals surface area contributed by atoms with Crippen LogP contribution in [0.2, 0.25) is 0 Å². The van der Waals surface area contributed by atoms with E-state index in [0.29, 0.717) is 36.5 Å². The van der Waals surface area contributed by atoms with Crippen LogP contribution in [0.15, 0.2) is 70.2 Å².